The van der Waals surface area contributed by atoms with Crippen LogP contribution in [-0.4, -0.2) is 30.3 Å². The zero-order valence-corrected chi connectivity index (χ0v) is 12.7. The number of ether oxygens (including phenoxy) is 2. The first-order valence-corrected chi connectivity index (χ1v) is 6.65. The van der Waals surface area contributed by atoms with E-state index in [-0.39, 0.29) is 18.9 Å². The fourth-order valence-electron chi connectivity index (χ4n) is 1.67. The largest absolute Gasteiger partial charge is 0.462 e. The van der Waals surface area contributed by atoms with Crippen molar-refractivity contribution in [2.24, 2.45) is 0 Å². The lowest BCUT2D eigenvalue weighted by atomic mass is 10.1. The molecule has 1 aromatic heterocycles. The third kappa shape index (κ3) is 5.01. The highest BCUT2D eigenvalue weighted by molar-refractivity contribution is 5.96. The molecular formula is C13H16F3N3O4. The Morgan fingerprint density at radius 2 is 1.83 bits per heavy atom. The van der Waals surface area contributed by atoms with Gasteiger partial charge in [0, 0.05) is 5.69 Å². The second kappa shape index (κ2) is 7.65. The molecule has 0 fully saturated rings. The topological polar surface area (TPSA) is 89.5 Å². The summed E-state index contributed by atoms with van der Waals surface area (Å²) < 4.78 is 48.7. The van der Waals surface area contributed by atoms with Crippen molar-refractivity contribution in [2.45, 2.75) is 26.9 Å². The summed E-state index contributed by atoms with van der Waals surface area (Å²) in [5.41, 5.74) is 2.12. The lowest BCUT2D eigenvalue weighted by Crippen LogP contribution is -2.32. The van der Waals surface area contributed by atoms with E-state index in [1.54, 1.807) is 6.92 Å². The quantitative estimate of drug-likeness (QED) is 0.635. The molecule has 0 aliphatic carbocycles. The van der Waals surface area contributed by atoms with Crippen molar-refractivity contribution in [2.75, 3.05) is 18.6 Å². The standard InChI is InChI=1S/C13H16F3N3O4/c1-4-22-11(20)9-8(13(14,15)16)6-7(3)17-10(9)18-19-12(21)23-5-2/h6H,4-5H2,1-3H3,(H,17,18)(H,19,21). The van der Waals surface area contributed by atoms with Crippen molar-refractivity contribution in [1.82, 2.24) is 10.4 Å². The second-order valence-corrected chi connectivity index (χ2v) is 4.22. The summed E-state index contributed by atoms with van der Waals surface area (Å²) >= 11 is 0. The number of nitrogens with zero attached hydrogens (tertiary/aromatic N) is 1. The zero-order valence-electron chi connectivity index (χ0n) is 12.7. The molecule has 0 unspecified atom stereocenters. The zero-order chi connectivity index (χ0) is 17.6. The molecule has 1 aromatic rings. The Kier molecular flexibility index (Phi) is 6.17. The number of amides is 1. The van der Waals surface area contributed by atoms with Gasteiger partial charge in [-0.2, -0.15) is 13.2 Å². The van der Waals surface area contributed by atoms with Gasteiger partial charge in [0.1, 0.15) is 5.56 Å². The third-order valence-corrected chi connectivity index (χ3v) is 2.49. The molecule has 0 spiro atoms. The third-order valence-electron chi connectivity index (χ3n) is 2.49. The number of alkyl halides is 3. The number of aryl methyl sites for hydroxylation is 1. The molecule has 1 amide bonds. The minimum absolute atomic E-state index is 0.00136. The maximum Gasteiger partial charge on any atom is 0.425 e. The molecule has 7 nitrogen and oxygen atoms in total. The molecule has 0 saturated carbocycles. The molecule has 1 rings (SSSR count). The number of pyridine rings is 1. The van der Waals surface area contributed by atoms with E-state index in [9.17, 15) is 22.8 Å². The van der Waals surface area contributed by atoms with Crippen LogP contribution in [-0.2, 0) is 15.7 Å². The highest BCUT2D eigenvalue weighted by Crippen LogP contribution is 2.35. The molecule has 0 bridgehead atoms. The van der Waals surface area contributed by atoms with Gasteiger partial charge in [0.25, 0.3) is 0 Å². The summed E-state index contributed by atoms with van der Waals surface area (Å²) in [5.74, 6) is -1.69. The van der Waals surface area contributed by atoms with E-state index in [4.69, 9.17) is 0 Å². The van der Waals surface area contributed by atoms with Crippen LogP contribution in [0.25, 0.3) is 0 Å². The van der Waals surface area contributed by atoms with E-state index in [2.05, 4.69) is 19.9 Å². The Morgan fingerprint density at radius 1 is 1.22 bits per heavy atom. The second-order valence-electron chi connectivity index (χ2n) is 4.22. The predicted molar refractivity (Wildman–Crippen MR) is 73.7 cm³/mol. The van der Waals surface area contributed by atoms with E-state index in [0.29, 0.717) is 0 Å². The fraction of sp³-hybridized carbons (Fsp3) is 0.462. The first kappa shape index (κ1) is 18.5. The highest BCUT2D eigenvalue weighted by atomic mass is 19.4. The minimum atomic E-state index is -4.80. The van der Waals surface area contributed by atoms with Crippen LogP contribution in [0.4, 0.5) is 23.8 Å². The lowest BCUT2D eigenvalue weighted by molar-refractivity contribution is -0.138. The molecule has 2 N–H and O–H groups in total. The van der Waals surface area contributed by atoms with Crippen LogP contribution in [0.5, 0.6) is 0 Å². The number of hydrogen-bond donors (Lipinski definition) is 2. The fourth-order valence-corrected chi connectivity index (χ4v) is 1.67. The molecular weight excluding hydrogens is 319 g/mol. The van der Waals surface area contributed by atoms with Gasteiger partial charge in [-0.15, -0.1) is 0 Å². The van der Waals surface area contributed by atoms with E-state index < -0.39 is 35.2 Å². The van der Waals surface area contributed by atoms with Crippen molar-refractivity contribution in [3.8, 4) is 0 Å². The molecule has 10 heteroatoms. The first-order valence-electron chi connectivity index (χ1n) is 6.65. The van der Waals surface area contributed by atoms with E-state index in [1.165, 1.54) is 13.8 Å². The van der Waals surface area contributed by atoms with Crippen LogP contribution < -0.4 is 10.9 Å². The van der Waals surface area contributed by atoms with Crippen molar-refractivity contribution in [3.05, 3.63) is 22.9 Å². The predicted octanol–water partition coefficient (Wildman–Crippen LogP) is 2.66. The molecule has 1 heterocycles. The molecule has 23 heavy (non-hydrogen) atoms. The van der Waals surface area contributed by atoms with Gasteiger partial charge >= 0.3 is 18.2 Å². The number of aromatic nitrogens is 1. The molecule has 0 radical (unpaired) electrons. The Balaban J connectivity index is 3.28. The van der Waals surface area contributed by atoms with Crippen LogP contribution >= 0.6 is 0 Å². The molecule has 0 atom stereocenters. The maximum atomic E-state index is 13.2. The van der Waals surface area contributed by atoms with Gasteiger partial charge in [-0.05, 0) is 26.8 Å². The van der Waals surface area contributed by atoms with Crippen molar-refractivity contribution in [1.29, 1.82) is 0 Å². The van der Waals surface area contributed by atoms with Crippen LogP contribution in [0.15, 0.2) is 6.07 Å². The van der Waals surface area contributed by atoms with Crippen LogP contribution in [0.1, 0.15) is 35.5 Å². The first-order chi connectivity index (χ1) is 10.7. The number of nitrogens with one attached hydrogen (secondary N) is 2. The molecule has 0 aromatic carbocycles. The number of esters is 1. The van der Waals surface area contributed by atoms with E-state index >= 15 is 0 Å². The monoisotopic (exact) mass is 335 g/mol. The van der Waals surface area contributed by atoms with Crippen LogP contribution in [0, 0.1) is 6.92 Å². The summed E-state index contributed by atoms with van der Waals surface area (Å²) in [4.78, 5) is 26.9. The summed E-state index contributed by atoms with van der Waals surface area (Å²) in [6.07, 6.45) is -5.73. The number of hydrogen-bond acceptors (Lipinski definition) is 6. The van der Waals surface area contributed by atoms with E-state index in [1.807, 2.05) is 5.43 Å². The number of hydrazine groups is 1. The number of anilines is 1. The summed E-state index contributed by atoms with van der Waals surface area (Å²) in [6, 6.07) is 0.724. The van der Waals surface area contributed by atoms with Crippen molar-refractivity contribution in [3.63, 3.8) is 0 Å². The Hall–Kier alpha value is -2.52. The summed E-state index contributed by atoms with van der Waals surface area (Å²) in [6.45, 7) is 4.27. The van der Waals surface area contributed by atoms with Crippen molar-refractivity contribution < 1.29 is 32.2 Å². The van der Waals surface area contributed by atoms with E-state index in [0.717, 1.165) is 6.07 Å². The van der Waals surface area contributed by atoms with Gasteiger partial charge in [-0.1, -0.05) is 0 Å². The van der Waals surface area contributed by atoms with Crippen LogP contribution in [0.3, 0.4) is 0 Å². The molecule has 0 aliphatic rings. The van der Waals surface area contributed by atoms with Gasteiger partial charge in [-0.25, -0.2) is 20.0 Å². The average molecular weight is 335 g/mol. The highest BCUT2D eigenvalue weighted by Gasteiger charge is 2.38. The Morgan fingerprint density at radius 3 is 2.35 bits per heavy atom. The maximum absolute atomic E-state index is 13.2. The molecule has 0 aliphatic heterocycles. The van der Waals surface area contributed by atoms with Gasteiger partial charge in [0.05, 0.1) is 18.8 Å². The van der Waals surface area contributed by atoms with Gasteiger partial charge in [0.15, 0.2) is 5.82 Å². The number of rotatable bonds is 5. The summed E-state index contributed by atoms with van der Waals surface area (Å²) in [7, 11) is 0. The average Bonchev–Trinajstić information content (AvgIpc) is 2.44. The number of carbonyl (C=O) groups is 2. The van der Waals surface area contributed by atoms with Gasteiger partial charge in [0.2, 0.25) is 0 Å². The minimum Gasteiger partial charge on any atom is -0.462 e. The normalized spacial score (nSPS) is 10.9. The van der Waals surface area contributed by atoms with Crippen LogP contribution in [0.2, 0.25) is 0 Å². The van der Waals surface area contributed by atoms with Crippen molar-refractivity contribution >= 4 is 17.9 Å². The van der Waals surface area contributed by atoms with Gasteiger partial charge in [-0.3, -0.25) is 5.43 Å². The summed E-state index contributed by atoms with van der Waals surface area (Å²) in [5, 5.41) is 0. The smallest absolute Gasteiger partial charge is 0.425 e. The number of halogens is 3. The molecule has 0 saturated heterocycles. The Labute approximate surface area is 130 Å². The Bertz CT molecular complexity index is 591. The SMILES string of the molecule is CCOC(=O)NNc1nc(C)cc(C(F)(F)F)c1C(=O)OCC. The lowest BCUT2D eigenvalue weighted by Gasteiger charge is -2.17. The van der Waals surface area contributed by atoms with Gasteiger partial charge < -0.3 is 9.47 Å². The molecule has 128 valence electrons. The number of carbonyl (C=O) groups excluding carboxylic acids is 2.